The Balaban J connectivity index is 2.04. The zero-order chi connectivity index (χ0) is 14.9. The molecule has 4 heteroatoms. The van der Waals surface area contributed by atoms with Gasteiger partial charge in [0, 0.05) is 18.5 Å². The molecule has 0 saturated carbocycles. The van der Waals surface area contributed by atoms with E-state index in [-0.39, 0.29) is 17.3 Å². The number of fused-ring (bicyclic) bond motifs is 2. The van der Waals surface area contributed by atoms with Crippen LogP contribution in [0.4, 0.5) is 0 Å². The largest absolute Gasteiger partial charge is 0.497 e. The molecule has 1 fully saturated rings. The molecule has 0 amide bonds. The van der Waals surface area contributed by atoms with E-state index in [9.17, 15) is 4.79 Å². The van der Waals surface area contributed by atoms with Crippen LogP contribution in [0.25, 0.3) is 0 Å². The third-order valence-electron chi connectivity index (χ3n) is 4.95. The molecule has 0 radical (unpaired) electrons. The maximum Gasteiger partial charge on any atom is 0.311 e. The molecule has 4 nitrogen and oxygen atoms in total. The molecule has 2 unspecified atom stereocenters. The van der Waals surface area contributed by atoms with E-state index in [1.165, 1.54) is 11.1 Å². The molecule has 1 aromatic carbocycles. The first-order valence-corrected chi connectivity index (χ1v) is 7.76. The molecule has 3 rings (SSSR count). The van der Waals surface area contributed by atoms with Crippen molar-refractivity contribution in [3.05, 3.63) is 29.3 Å². The molecule has 1 saturated heterocycles. The molecule has 1 aliphatic carbocycles. The highest BCUT2D eigenvalue weighted by molar-refractivity contribution is 5.76. The first-order valence-electron chi connectivity index (χ1n) is 7.76. The molecule has 2 atom stereocenters. The zero-order valence-corrected chi connectivity index (χ0v) is 12.8. The minimum atomic E-state index is -0.131. The van der Waals surface area contributed by atoms with Crippen molar-refractivity contribution in [1.82, 2.24) is 5.32 Å². The number of hydrogen-bond donors (Lipinski definition) is 1. The maximum absolute atomic E-state index is 12.4. The van der Waals surface area contributed by atoms with E-state index in [2.05, 4.69) is 17.4 Å². The average Bonchev–Trinajstić information content (AvgIpc) is 2.92. The van der Waals surface area contributed by atoms with Crippen molar-refractivity contribution >= 4 is 5.97 Å². The fraction of sp³-hybridized carbons (Fsp3) is 0.588. The summed E-state index contributed by atoms with van der Waals surface area (Å²) in [5, 5.41) is 3.41. The van der Waals surface area contributed by atoms with E-state index in [4.69, 9.17) is 9.47 Å². The van der Waals surface area contributed by atoms with E-state index in [1.54, 1.807) is 7.11 Å². The quantitative estimate of drug-likeness (QED) is 0.865. The van der Waals surface area contributed by atoms with E-state index in [0.29, 0.717) is 13.2 Å². The Kier molecular flexibility index (Phi) is 3.89. The van der Waals surface area contributed by atoms with Crippen LogP contribution in [0.5, 0.6) is 5.75 Å². The summed E-state index contributed by atoms with van der Waals surface area (Å²) in [4.78, 5) is 12.4. The number of ether oxygens (including phenoxy) is 2. The molecule has 21 heavy (non-hydrogen) atoms. The summed E-state index contributed by atoms with van der Waals surface area (Å²) in [5.74, 6) is 0.700. The minimum Gasteiger partial charge on any atom is -0.497 e. The van der Waals surface area contributed by atoms with Gasteiger partial charge >= 0.3 is 5.97 Å². The summed E-state index contributed by atoms with van der Waals surface area (Å²) in [7, 11) is 1.69. The van der Waals surface area contributed by atoms with Gasteiger partial charge in [-0.15, -0.1) is 0 Å². The van der Waals surface area contributed by atoms with Gasteiger partial charge in [0.1, 0.15) is 5.75 Å². The molecule has 114 valence electrons. The topological polar surface area (TPSA) is 47.6 Å². The van der Waals surface area contributed by atoms with E-state index < -0.39 is 0 Å². The first-order chi connectivity index (χ1) is 10.2. The Bertz CT molecular complexity index is 543. The lowest BCUT2D eigenvalue weighted by atomic mass is 9.64. The lowest BCUT2D eigenvalue weighted by Crippen LogP contribution is -2.42. The lowest BCUT2D eigenvalue weighted by Gasteiger charge is -2.39. The predicted octanol–water partition coefficient (Wildman–Crippen LogP) is 2.05. The lowest BCUT2D eigenvalue weighted by molar-refractivity contribution is -0.149. The van der Waals surface area contributed by atoms with Gasteiger partial charge < -0.3 is 14.8 Å². The monoisotopic (exact) mass is 289 g/mol. The van der Waals surface area contributed by atoms with Crippen molar-refractivity contribution in [2.45, 2.75) is 31.6 Å². The van der Waals surface area contributed by atoms with Crippen molar-refractivity contribution < 1.29 is 14.3 Å². The third-order valence-corrected chi connectivity index (χ3v) is 4.95. The van der Waals surface area contributed by atoms with Gasteiger partial charge in [0.2, 0.25) is 0 Å². The van der Waals surface area contributed by atoms with Crippen molar-refractivity contribution in [2.75, 3.05) is 26.8 Å². The van der Waals surface area contributed by atoms with Crippen molar-refractivity contribution in [3.63, 3.8) is 0 Å². The highest BCUT2D eigenvalue weighted by atomic mass is 16.5. The van der Waals surface area contributed by atoms with Gasteiger partial charge in [0.25, 0.3) is 0 Å². The van der Waals surface area contributed by atoms with Gasteiger partial charge in [0.15, 0.2) is 0 Å². The predicted molar refractivity (Wildman–Crippen MR) is 80.6 cm³/mol. The molecule has 1 spiro atoms. The number of esters is 1. The van der Waals surface area contributed by atoms with Gasteiger partial charge in [-0.3, -0.25) is 4.79 Å². The Labute approximate surface area is 125 Å². The molecule has 1 aliphatic heterocycles. The normalized spacial score (nSPS) is 27.4. The van der Waals surface area contributed by atoms with Crippen LogP contribution in [0.1, 0.15) is 30.9 Å². The summed E-state index contributed by atoms with van der Waals surface area (Å²) < 4.78 is 10.7. The molecular formula is C17H23NO3. The standard InChI is InChI=1S/C17H23NO3/c1-3-21-16(19)15-10-18-11-17(15)8-4-5-12-6-7-13(20-2)9-14(12)17/h6-7,9,15,18H,3-5,8,10-11H2,1-2H3. The number of carbonyl (C=O) groups is 1. The second-order valence-electron chi connectivity index (χ2n) is 5.97. The fourth-order valence-corrected chi connectivity index (χ4v) is 3.95. The van der Waals surface area contributed by atoms with Crippen LogP contribution >= 0.6 is 0 Å². The number of rotatable bonds is 3. The number of benzene rings is 1. The fourth-order valence-electron chi connectivity index (χ4n) is 3.95. The maximum atomic E-state index is 12.4. The molecule has 2 aliphatic rings. The number of nitrogens with one attached hydrogen (secondary N) is 1. The van der Waals surface area contributed by atoms with Gasteiger partial charge in [-0.25, -0.2) is 0 Å². The molecule has 0 aromatic heterocycles. The smallest absolute Gasteiger partial charge is 0.311 e. The second kappa shape index (κ2) is 5.68. The van der Waals surface area contributed by atoms with Crippen LogP contribution in [0.3, 0.4) is 0 Å². The van der Waals surface area contributed by atoms with Crippen LogP contribution < -0.4 is 10.1 Å². The summed E-state index contributed by atoms with van der Waals surface area (Å²) >= 11 is 0. The van der Waals surface area contributed by atoms with E-state index in [0.717, 1.165) is 31.6 Å². The summed E-state index contributed by atoms with van der Waals surface area (Å²) in [6.45, 7) is 3.85. The summed E-state index contributed by atoms with van der Waals surface area (Å²) in [6, 6.07) is 6.28. The van der Waals surface area contributed by atoms with Crippen LogP contribution in [0.2, 0.25) is 0 Å². The Morgan fingerprint density at radius 2 is 2.33 bits per heavy atom. The van der Waals surface area contributed by atoms with Crippen molar-refractivity contribution in [3.8, 4) is 5.75 Å². The highest BCUT2D eigenvalue weighted by Crippen LogP contribution is 2.46. The van der Waals surface area contributed by atoms with Gasteiger partial charge in [-0.05, 0) is 49.4 Å². The van der Waals surface area contributed by atoms with Crippen LogP contribution in [-0.4, -0.2) is 32.8 Å². The van der Waals surface area contributed by atoms with Gasteiger partial charge in [0.05, 0.1) is 19.6 Å². The van der Waals surface area contributed by atoms with E-state index in [1.807, 2.05) is 13.0 Å². The molecule has 1 N–H and O–H groups in total. The van der Waals surface area contributed by atoms with Crippen LogP contribution in [0, 0.1) is 5.92 Å². The minimum absolute atomic E-state index is 0.0711. The van der Waals surface area contributed by atoms with Crippen LogP contribution in [-0.2, 0) is 21.4 Å². The molecule has 1 aromatic rings. The highest BCUT2D eigenvalue weighted by Gasteiger charge is 2.50. The van der Waals surface area contributed by atoms with Crippen LogP contribution in [0.15, 0.2) is 18.2 Å². The number of aryl methyl sites for hydroxylation is 1. The van der Waals surface area contributed by atoms with E-state index >= 15 is 0 Å². The average molecular weight is 289 g/mol. The number of hydrogen-bond acceptors (Lipinski definition) is 4. The second-order valence-corrected chi connectivity index (χ2v) is 5.97. The number of methoxy groups -OCH3 is 1. The van der Waals surface area contributed by atoms with Crippen molar-refractivity contribution in [2.24, 2.45) is 5.92 Å². The Morgan fingerprint density at radius 3 is 3.10 bits per heavy atom. The Morgan fingerprint density at radius 1 is 1.48 bits per heavy atom. The SMILES string of the molecule is CCOC(=O)C1CNCC12CCCc1ccc(OC)cc12. The zero-order valence-electron chi connectivity index (χ0n) is 12.8. The summed E-state index contributed by atoms with van der Waals surface area (Å²) in [5.41, 5.74) is 2.49. The molecular weight excluding hydrogens is 266 g/mol. The Hall–Kier alpha value is -1.55. The van der Waals surface area contributed by atoms with Gasteiger partial charge in [-0.2, -0.15) is 0 Å². The summed E-state index contributed by atoms with van der Waals surface area (Å²) in [6.07, 6.45) is 3.23. The number of carbonyl (C=O) groups excluding carboxylic acids is 1. The van der Waals surface area contributed by atoms with Crippen molar-refractivity contribution in [1.29, 1.82) is 0 Å². The molecule has 0 bridgehead atoms. The third kappa shape index (κ3) is 2.31. The molecule has 1 heterocycles. The first kappa shape index (κ1) is 14.4. The van der Waals surface area contributed by atoms with Gasteiger partial charge in [-0.1, -0.05) is 6.07 Å².